The van der Waals surface area contributed by atoms with Crippen LogP contribution < -0.4 is 10.2 Å². The molecule has 0 amide bonds. The number of aromatic hydroxyl groups is 1. The van der Waals surface area contributed by atoms with Crippen LogP contribution in [0.3, 0.4) is 0 Å². The van der Waals surface area contributed by atoms with Crippen molar-refractivity contribution in [3.63, 3.8) is 0 Å². The number of nitro groups is 1. The normalized spacial score (nSPS) is 11.6. The third-order valence-corrected chi connectivity index (χ3v) is 4.09. The second-order valence-corrected chi connectivity index (χ2v) is 6.30. The summed E-state index contributed by atoms with van der Waals surface area (Å²) in [7, 11) is 0. The van der Waals surface area contributed by atoms with E-state index in [1.54, 1.807) is 13.0 Å². The third kappa shape index (κ3) is 5.21. The summed E-state index contributed by atoms with van der Waals surface area (Å²) in [5.41, 5.74) is 0.807. The van der Waals surface area contributed by atoms with Crippen molar-refractivity contribution in [3.05, 3.63) is 55.1 Å². The number of hydrazone groups is 1. The van der Waals surface area contributed by atoms with Crippen molar-refractivity contribution in [3.8, 4) is 11.5 Å². The van der Waals surface area contributed by atoms with Gasteiger partial charge in [0, 0.05) is 6.07 Å². The molecule has 0 heterocycles. The van der Waals surface area contributed by atoms with Gasteiger partial charge in [0.05, 0.1) is 26.9 Å². The van der Waals surface area contributed by atoms with E-state index in [0.29, 0.717) is 21.8 Å². The third-order valence-electron chi connectivity index (χ3n) is 3.27. The molecule has 0 atom stereocenters. The van der Waals surface area contributed by atoms with Crippen LogP contribution in [0.4, 0.5) is 24.5 Å². The van der Waals surface area contributed by atoms with Gasteiger partial charge in [-0.1, -0.05) is 0 Å². The first-order valence-corrected chi connectivity index (χ1v) is 8.51. The first kappa shape index (κ1) is 20.7. The molecule has 0 unspecified atom stereocenters. The van der Waals surface area contributed by atoms with Crippen molar-refractivity contribution >= 4 is 40.2 Å². The number of alkyl halides is 3. The van der Waals surface area contributed by atoms with E-state index in [-0.39, 0.29) is 17.2 Å². The molecule has 2 aromatic carbocycles. The van der Waals surface area contributed by atoms with Gasteiger partial charge >= 0.3 is 6.18 Å². The lowest BCUT2D eigenvalue weighted by Crippen LogP contribution is -2.06. The Morgan fingerprint density at radius 2 is 2.07 bits per heavy atom. The number of rotatable bonds is 6. The molecule has 11 heteroatoms. The molecule has 0 saturated heterocycles. The topological polar surface area (TPSA) is 97.0 Å². The van der Waals surface area contributed by atoms with Crippen LogP contribution in [0.5, 0.6) is 11.5 Å². The molecule has 0 radical (unpaired) electrons. The fourth-order valence-electron chi connectivity index (χ4n) is 2.06. The fourth-order valence-corrected chi connectivity index (χ4v) is 2.69. The van der Waals surface area contributed by atoms with Gasteiger partial charge in [0.15, 0.2) is 11.5 Å². The minimum absolute atomic E-state index is 0.0269. The molecule has 2 rings (SSSR count). The molecule has 2 aromatic rings. The lowest BCUT2D eigenvalue weighted by molar-refractivity contribution is -0.384. The molecular weight excluding hydrogens is 482 g/mol. The molecule has 7 nitrogen and oxygen atoms in total. The van der Waals surface area contributed by atoms with Crippen LogP contribution in [0.1, 0.15) is 18.1 Å². The lowest BCUT2D eigenvalue weighted by atomic mass is 10.1. The van der Waals surface area contributed by atoms with Crippen LogP contribution in [0.15, 0.2) is 35.4 Å². The van der Waals surface area contributed by atoms with E-state index in [0.717, 1.165) is 12.1 Å². The summed E-state index contributed by atoms with van der Waals surface area (Å²) in [6.07, 6.45) is -3.39. The van der Waals surface area contributed by atoms with Crippen LogP contribution in [-0.4, -0.2) is 22.9 Å². The van der Waals surface area contributed by atoms with E-state index in [1.807, 2.05) is 22.6 Å². The summed E-state index contributed by atoms with van der Waals surface area (Å²) in [5.74, 6) is 0.215. The van der Waals surface area contributed by atoms with Crippen molar-refractivity contribution < 1.29 is 27.9 Å². The van der Waals surface area contributed by atoms with E-state index in [1.165, 1.54) is 12.3 Å². The number of anilines is 1. The van der Waals surface area contributed by atoms with E-state index in [9.17, 15) is 28.4 Å². The van der Waals surface area contributed by atoms with Gasteiger partial charge in [0.1, 0.15) is 5.69 Å². The molecule has 0 saturated carbocycles. The Hall–Kier alpha value is -2.57. The highest BCUT2D eigenvalue weighted by atomic mass is 127. The summed E-state index contributed by atoms with van der Waals surface area (Å²) in [6.45, 7) is 2.08. The SMILES string of the molecule is CCOc1cc(/C=N\Nc2ccc(C(F)(F)F)cc2[N+](=O)[O-])cc(I)c1O. The summed E-state index contributed by atoms with van der Waals surface area (Å²) in [5, 5.41) is 24.7. The minimum Gasteiger partial charge on any atom is -0.504 e. The molecular formula is C16H13F3IN3O4. The Balaban J connectivity index is 2.27. The molecule has 0 aliphatic carbocycles. The Morgan fingerprint density at radius 3 is 2.67 bits per heavy atom. The van der Waals surface area contributed by atoms with Crippen molar-refractivity contribution in [1.29, 1.82) is 0 Å². The first-order valence-electron chi connectivity index (χ1n) is 7.43. The van der Waals surface area contributed by atoms with E-state index in [4.69, 9.17) is 4.74 Å². The maximum Gasteiger partial charge on any atom is 0.416 e. The zero-order chi connectivity index (χ0) is 20.2. The highest BCUT2D eigenvalue weighted by Crippen LogP contribution is 2.35. The highest BCUT2D eigenvalue weighted by Gasteiger charge is 2.33. The van der Waals surface area contributed by atoms with Crippen LogP contribution in [0, 0.1) is 13.7 Å². The highest BCUT2D eigenvalue weighted by molar-refractivity contribution is 14.1. The average Bonchev–Trinajstić information content (AvgIpc) is 2.58. The molecule has 2 N–H and O–H groups in total. The number of nitrogens with zero attached hydrogens (tertiary/aromatic N) is 2. The summed E-state index contributed by atoms with van der Waals surface area (Å²) < 4.78 is 43.9. The number of phenols is 1. The van der Waals surface area contributed by atoms with Crippen molar-refractivity contribution in [2.24, 2.45) is 5.10 Å². The molecule has 0 bridgehead atoms. The molecule has 144 valence electrons. The average molecular weight is 495 g/mol. The summed E-state index contributed by atoms with van der Waals surface area (Å²) in [6, 6.07) is 5.19. The van der Waals surface area contributed by atoms with Gasteiger partial charge in [0.25, 0.3) is 5.69 Å². The Labute approximate surface area is 165 Å². The number of hydrogen-bond acceptors (Lipinski definition) is 6. The maximum absolute atomic E-state index is 12.7. The zero-order valence-corrected chi connectivity index (χ0v) is 15.9. The van der Waals surface area contributed by atoms with E-state index >= 15 is 0 Å². The van der Waals surface area contributed by atoms with Gasteiger partial charge in [0.2, 0.25) is 0 Å². The number of nitrogens with one attached hydrogen (secondary N) is 1. The summed E-state index contributed by atoms with van der Waals surface area (Å²) >= 11 is 1.90. The number of ether oxygens (including phenoxy) is 1. The Morgan fingerprint density at radius 1 is 1.37 bits per heavy atom. The lowest BCUT2D eigenvalue weighted by Gasteiger charge is -2.09. The predicted octanol–water partition coefficient (Wildman–Crippen LogP) is 4.77. The van der Waals surface area contributed by atoms with E-state index < -0.39 is 22.4 Å². The van der Waals surface area contributed by atoms with Gasteiger partial charge in [-0.2, -0.15) is 18.3 Å². The summed E-state index contributed by atoms with van der Waals surface area (Å²) in [4.78, 5) is 10.1. The van der Waals surface area contributed by atoms with Gasteiger partial charge in [-0.05, 0) is 59.3 Å². The van der Waals surface area contributed by atoms with Gasteiger partial charge in [-0.3, -0.25) is 15.5 Å². The molecule has 0 aliphatic heterocycles. The van der Waals surface area contributed by atoms with Gasteiger partial charge in [-0.25, -0.2) is 0 Å². The van der Waals surface area contributed by atoms with Crippen molar-refractivity contribution in [1.82, 2.24) is 0 Å². The van der Waals surface area contributed by atoms with Crippen LogP contribution in [0.25, 0.3) is 0 Å². The molecule has 0 fully saturated rings. The second-order valence-electron chi connectivity index (χ2n) is 5.14. The number of nitro benzene ring substituents is 1. The molecule has 0 aromatic heterocycles. The Bertz CT molecular complexity index is 888. The largest absolute Gasteiger partial charge is 0.504 e. The smallest absolute Gasteiger partial charge is 0.416 e. The number of halogens is 4. The quantitative estimate of drug-likeness (QED) is 0.261. The fraction of sp³-hybridized carbons (Fsp3) is 0.188. The number of benzene rings is 2. The molecule has 0 spiro atoms. The Kier molecular flexibility index (Phi) is 6.46. The van der Waals surface area contributed by atoms with Crippen molar-refractivity contribution in [2.45, 2.75) is 13.1 Å². The second kappa shape index (κ2) is 8.41. The first-order chi connectivity index (χ1) is 12.6. The number of hydrogen-bond donors (Lipinski definition) is 2. The monoisotopic (exact) mass is 495 g/mol. The van der Waals surface area contributed by atoms with Crippen molar-refractivity contribution in [2.75, 3.05) is 12.0 Å². The van der Waals surface area contributed by atoms with Gasteiger partial charge < -0.3 is 9.84 Å². The maximum atomic E-state index is 12.7. The molecule has 0 aliphatic rings. The number of phenolic OH excluding ortho intramolecular Hbond substituents is 1. The standard InChI is InChI=1S/C16H13F3IN3O4/c1-2-27-14-6-9(5-11(20)15(14)24)8-21-22-12-4-3-10(16(17,18)19)7-13(12)23(25)26/h3-8,22,24H,2H2,1H3/b21-8-. The zero-order valence-electron chi connectivity index (χ0n) is 13.7. The van der Waals surface area contributed by atoms with Gasteiger partial charge in [-0.15, -0.1) is 0 Å². The van der Waals surface area contributed by atoms with E-state index in [2.05, 4.69) is 10.5 Å². The minimum atomic E-state index is -4.69. The van der Waals surface area contributed by atoms with Crippen LogP contribution in [0.2, 0.25) is 0 Å². The predicted molar refractivity (Wildman–Crippen MR) is 101 cm³/mol. The van der Waals surface area contributed by atoms with Crippen LogP contribution >= 0.6 is 22.6 Å². The van der Waals surface area contributed by atoms with Crippen LogP contribution in [-0.2, 0) is 6.18 Å². The molecule has 27 heavy (non-hydrogen) atoms.